The number of nitrogens with one attached hydrogen (secondary N) is 1. The van der Waals surface area contributed by atoms with Crippen molar-refractivity contribution in [1.82, 2.24) is 5.32 Å². The SMILES string of the molecule is Cl.Fc1cccc(OC[C@H]2CCCN2)c1. The van der Waals surface area contributed by atoms with Gasteiger partial charge in [0, 0.05) is 12.1 Å². The fourth-order valence-electron chi connectivity index (χ4n) is 1.65. The maximum Gasteiger partial charge on any atom is 0.126 e. The molecule has 0 aromatic heterocycles. The third-order valence-corrected chi connectivity index (χ3v) is 2.41. The Labute approximate surface area is 95.2 Å². The molecule has 1 atom stereocenters. The maximum atomic E-state index is 12.8. The highest BCUT2D eigenvalue weighted by atomic mass is 35.5. The Hall–Kier alpha value is -0.800. The van der Waals surface area contributed by atoms with E-state index >= 15 is 0 Å². The van der Waals surface area contributed by atoms with E-state index in [0.29, 0.717) is 18.4 Å². The summed E-state index contributed by atoms with van der Waals surface area (Å²) in [5.41, 5.74) is 0. The van der Waals surface area contributed by atoms with Gasteiger partial charge in [0.25, 0.3) is 0 Å². The van der Waals surface area contributed by atoms with Crippen LogP contribution in [0.4, 0.5) is 4.39 Å². The van der Waals surface area contributed by atoms with E-state index in [1.807, 2.05) is 0 Å². The Morgan fingerprint density at radius 2 is 2.33 bits per heavy atom. The van der Waals surface area contributed by atoms with Crippen LogP contribution in [0, 0.1) is 5.82 Å². The summed E-state index contributed by atoms with van der Waals surface area (Å²) in [7, 11) is 0. The Bertz CT molecular complexity index is 302. The average Bonchev–Trinajstić information content (AvgIpc) is 2.67. The van der Waals surface area contributed by atoms with Gasteiger partial charge in [-0.05, 0) is 31.5 Å². The number of hydrogen-bond donors (Lipinski definition) is 1. The fraction of sp³-hybridized carbons (Fsp3) is 0.455. The molecule has 1 fully saturated rings. The van der Waals surface area contributed by atoms with E-state index < -0.39 is 0 Å². The van der Waals surface area contributed by atoms with Crippen molar-refractivity contribution in [3.63, 3.8) is 0 Å². The molecule has 1 aliphatic heterocycles. The third-order valence-electron chi connectivity index (χ3n) is 2.41. The first-order valence-corrected chi connectivity index (χ1v) is 4.96. The second-order valence-electron chi connectivity index (χ2n) is 3.56. The Balaban J connectivity index is 0.00000112. The number of hydrogen-bond acceptors (Lipinski definition) is 2. The summed E-state index contributed by atoms with van der Waals surface area (Å²) >= 11 is 0. The molecule has 0 saturated carbocycles. The van der Waals surface area contributed by atoms with Crippen LogP contribution in [0.3, 0.4) is 0 Å². The molecule has 2 nitrogen and oxygen atoms in total. The van der Waals surface area contributed by atoms with Crippen molar-refractivity contribution < 1.29 is 9.13 Å². The van der Waals surface area contributed by atoms with E-state index in [0.717, 1.165) is 13.0 Å². The van der Waals surface area contributed by atoms with Gasteiger partial charge in [-0.3, -0.25) is 0 Å². The lowest BCUT2D eigenvalue weighted by Gasteiger charge is -2.11. The molecule has 0 bridgehead atoms. The normalized spacial score (nSPS) is 19.7. The molecule has 0 spiro atoms. The Morgan fingerprint density at radius 3 is 3.00 bits per heavy atom. The fourth-order valence-corrected chi connectivity index (χ4v) is 1.65. The van der Waals surface area contributed by atoms with Crippen molar-refractivity contribution in [3.05, 3.63) is 30.1 Å². The first kappa shape index (κ1) is 12.3. The number of halogens is 2. The molecule has 1 heterocycles. The quantitative estimate of drug-likeness (QED) is 0.863. The van der Waals surface area contributed by atoms with E-state index in [9.17, 15) is 4.39 Å². The molecular formula is C11H15ClFNO. The third kappa shape index (κ3) is 3.68. The standard InChI is InChI=1S/C11H14FNO.ClH/c12-9-3-1-5-11(7-9)14-8-10-4-2-6-13-10;/h1,3,5,7,10,13H,2,4,6,8H2;1H/t10-;/m1./s1. The molecule has 1 N–H and O–H groups in total. The van der Waals surface area contributed by atoms with E-state index in [4.69, 9.17) is 4.74 Å². The van der Waals surface area contributed by atoms with E-state index in [1.54, 1.807) is 12.1 Å². The van der Waals surface area contributed by atoms with Crippen molar-refractivity contribution in [1.29, 1.82) is 0 Å². The van der Waals surface area contributed by atoms with Crippen molar-refractivity contribution in [2.45, 2.75) is 18.9 Å². The molecule has 1 saturated heterocycles. The highest BCUT2D eigenvalue weighted by Gasteiger charge is 2.14. The summed E-state index contributed by atoms with van der Waals surface area (Å²) in [6.45, 7) is 1.70. The van der Waals surface area contributed by atoms with Gasteiger partial charge in [0.2, 0.25) is 0 Å². The average molecular weight is 232 g/mol. The van der Waals surface area contributed by atoms with Gasteiger partial charge in [-0.15, -0.1) is 12.4 Å². The summed E-state index contributed by atoms with van der Waals surface area (Å²) in [5, 5.41) is 3.32. The zero-order valence-corrected chi connectivity index (χ0v) is 9.23. The van der Waals surface area contributed by atoms with Gasteiger partial charge in [0.1, 0.15) is 18.2 Å². The minimum Gasteiger partial charge on any atom is -0.492 e. The van der Waals surface area contributed by atoms with Crippen LogP contribution in [0.15, 0.2) is 24.3 Å². The zero-order chi connectivity index (χ0) is 9.80. The van der Waals surface area contributed by atoms with Gasteiger partial charge in [-0.25, -0.2) is 4.39 Å². The molecular weight excluding hydrogens is 217 g/mol. The summed E-state index contributed by atoms with van der Waals surface area (Å²) in [5.74, 6) is 0.362. The highest BCUT2D eigenvalue weighted by molar-refractivity contribution is 5.85. The second kappa shape index (κ2) is 5.93. The first-order valence-electron chi connectivity index (χ1n) is 4.96. The van der Waals surface area contributed by atoms with Crippen molar-refractivity contribution in [3.8, 4) is 5.75 Å². The molecule has 0 amide bonds. The lowest BCUT2D eigenvalue weighted by atomic mass is 10.2. The molecule has 1 aromatic rings. The molecule has 0 radical (unpaired) electrons. The van der Waals surface area contributed by atoms with Crippen LogP contribution in [-0.4, -0.2) is 19.2 Å². The van der Waals surface area contributed by atoms with E-state index in [2.05, 4.69) is 5.32 Å². The maximum absolute atomic E-state index is 12.8. The molecule has 0 aliphatic carbocycles. The van der Waals surface area contributed by atoms with Crippen LogP contribution in [0.1, 0.15) is 12.8 Å². The van der Waals surface area contributed by atoms with Crippen LogP contribution >= 0.6 is 12.4 Å². The van der Waals surface area contributed by atoms with Crippen LogP contribution in [0.25, 0.3) is 0 Å². The summed E-state index contributed by atoms with van der Waals surface area (Å²) in [6, 6.07) is 6.69. The first-order chi connectivity index (χ1) is 6.84. The minimum absolute atomic E-state index is 0. The largest absolute Gasteiger partial charge is 0.492 e. The molecule has 2 rings (SSSR count). The van der Waals surface area contributed by atoms with Crippen molar-refractivity contribution >= 4 is 12.4 Å². The van der Waals surface area contributed by atoms with Gasteiger partial charge < -0.3 is 10.1 Å². The molecule has 0 unspecified atom stereocenters. The lowest BCUT2D eigenvalue weighted by molar-refractivity contribution is 0.276. The number of benzene rings is 1. The summed E-state index contributed by atoms with van der Waals surface area (Å²) in [6.07, 6.45) is 2.35. The zero-order valence-electron chi connectivity index (χ0n) is 8.41. The van der Waals surface area contributed by atoms with Crippen molar-refractivity contribution in [2.75, 3.05) is 13.2 Å². The molecule has 15 heavy (non-hydrogen) atoms. The highest BCUT2D eigenvalue weighted by Crippen LogP contribution is 2.13. The monoisotopic (exact) mass is 231 g/mol. The Morgan fingerprint density at radius 1 is 1.47 bits per heavy atom. The van der Waals surface area contributed by atoms with Gasteiger partial charge in [-0.1, -0.05) is 6.07 Å². The predicted molar refractivity (Wildman–Crippen MR) is 60.2 cm³/mol. The number of rotatable bonds is 3. The van der Waals surface area contributed by atoms with Gasteiger partial charge in [0.15, 0.2) is 0 Å². The molecule has 84 valence electrons. The molecule has 4 heteroatoms. The smallest absolute Gasteiger partial charge is 0.126 e. The summed E-state index contributed by atoms with van der Waals surface area (Å²) in [4.78, 5) is 0. The molecule has 1 aliphatic rings. The minimum atomic E-state index is -0.248. The lowest BCUT2D eigenvalue weighted by Crippen LogP contribution is -2.28. The van der Waals surface area contributed by atoms with E-state index in [1.165, 1.54) is 18.6 Å². The number of ether oxygens (including phenoxy) is 1. The second-order valence-corrected chi connectivity index (χ2v) is 3.56. The topological polar surface area (TPSA) is 21.3 Å². The van der Waals surface area contributed by atoms with Crippen molar-refractivity contribution in [2.24, 2.45) is 0 Å². The predicted octanol–water partition coefficient (Wildman–Crippen LogP) is 2.38. The van der Waals surface area contributed by atoms with Gasteiger partial charge in [0.05, 0.1) is 0 Å². The van der Waals surface area contributed by atoms with Crippen LogP contribution < -0.4 is 10.1 Å². The van der Waals surface area contributed by atoms with E-state index in [-0.39, 0.29) is 18.2 Å². The Kier molecular flexibility index (Phi) is 4.85. The summed E-state index contributed by atoms with van der Waals surface area (Å²) < 4.78 is 18.2. The van der Waals surface area contributed by atoms with Crippen LogP contribution in [0.5, 0.6) is 5.75 Å². The molecule has 1 aromatic carbocycles. The van der Waals surface area contributed by atoms with Crippen LogP contribution in [0.2, 0.25) is 0 Å². The van der Waals surface area contributed by atoms with Gasteiger partial charge in [-0.2, -0.15) is 0 Å². The van der Waals surface area contributed by atoms with Gasteiger partial charge >= 0.3 is 0 Å². The van der Waals surface area contributed by atoms with Crippen LogP contribution in [-0.2, 0) is 0 Å².